The van der Waals surface area contributed by atoms with Crippen LogP contribution in [0.5, 0.6) is 5.75 Å². The number of aromatic nitrogens is 2. The Bertz CT molecular complexity index is 1300. The van der Waals surface area contributed by atoms with Gasteiger partial charge < -0.3 is 4.74 Å². The molecule has 0 aliphatic heterocycles. The first-order chi connectivity index (χ1) is 14.6. The average Bonchev–Trinajstić information content (AvgIpc) is 2.71. The van der Waals surface area contributed by atoms with Crippen LogP contribution in [-0.2, 0) is 14.6 Å². The summed E-state index contributed by atoms with van der Waals surface area (Å²) in [6.07, 6.45) is 2.32. The van der Waals surface area contributed by atoms with Gasteiger partial charge in [0.25, 0.3) is 0 Å². The third-order valence-electron chi connectivity index (χ3n) is 4.39. The number of halogens is 2. The Morgan fingerprint density at radius 3 is 2.42 bits per heavy atom. The van der Waals surface area contributed by atoms with Crippen molar-refractivity contribution in [3.05, 3.63) is 70.6 Å². The Labute approximate surface area is 176 Å². The molecule has 0 radical (unpaired) electrons. The van der Waals surface area contributed by atoms with Crippen LogP contribution in [0.2, 0.25) is 0 Å². The van der Waals surface area contributed by atoms with Gasteiger partial charge in [-0.15, -0.1) is 0 Å². The van der Waals surface area contributed by atoms with Crippen LogP contribution in [0.3, 0.4) is 0 Å². The molecule has 0 atom stereocenters. The second-order valence-electron chi connectivity index (χ2n) is 6.77. The Balaban J connectivity index is 2.15. The van der Waals surface area contributed by atoms with Gasteiger partial charge >= 0.3 is 5.56 Å². The van der Waals surface area contributed by atoms with Crippen molar-refractivity contribution in [1.29, 1.82) is 0 Å². The minimum atomic E-state index is -3.42. The molecule has 31 heavy (non-hydrogen) atoms. The number of hydrogen-bond acceptors (Lipinski definition) is 6. The zero-order valence-corrected chi connectivity index (χ0v) is 17.4. The highest BCUT2D eigenvalue weighted by molar-refractivity contribution is 7.90. The summed E-state index contributed by atoms with van der Waals surface area (Å²) < 4.78 is 57.4. The summed E-state index contributed by atoms with van der Waals surface area (Å²) in [6, 6.07) is 8.99. The summed E-state index contributed by atoms with van der Waals surface area (Å²) >= 11 is 0. The van der Waals surface area contributed by atoms with E-state index in [0.717, 1.165) is 12.3 Å². The number of ketones is 1. The standard InChI is InChI=1S/C21H18F2N2O5S/c1-13(26)10-11-30-20-16(14-6-8-15(9-7-14)31(2,28)29)12-24-25(21(20)27)18-5-3-4-17(22)19(18)23/h3-9,12H,10-11H2,1-2H3. The van der Waals surface area contributed by atoms with E-state index in [9.17, 15) is 26.8 Å². The van der Waals surface area contributed by atoms with Gasteiger partial charge in [-0.1, -0.05) is 18.2 Å². The lowest BCUT2D eigenvalue weighted by Crippen LogP contribution is -2.25. The molecule has 0 unspecified atom stereocenters. The van der Waals surface area contributed by atoms with Crippen molar-refractivity contribution < 1.29 is 26.7 Å². The van der Waals surface area contributed by atoms with Crippen molar-refractivity contribution in [2.45, 2.75) is 18.2 Å². The number of nitrogens with zero attached hydrogens (tertiary/aromatic N) is 2. The zero-order chi connectivity index (χ0) is 22.8. The first-order valence-corrected chi connectivity index (χ1v) is 11.0. The molecule has 2 aromatic carbocycles. The number of hydrogen-bond donors (Lipinski definition) is 0. The molecule has 7 nitrogen and oxygen atoms in total. The molecule has 162 valence electrons. The molecule has 0 bridgehead atoms. The van der Waals surface area contributed by atoms with Crippen LogP contribution in [0.4, 0.5) is 8.78 Å². The smallest absolute Gasteiger partial charge is 0.314 e. The molecule has 0 N–H and O–H groups in total. The molecule has 0 saturated carbocycles. The van der Waals surface area contributed by atoms with Crippen molar-refractivity contribution in [1.82, 2.24) is 9.78 Å². The maximum Gasteiger partial charge on any atom is 0.314 e. The molecule has 3 rings (SSSR count). The van der Waals surface area contributed by atoms with Gasteiger partial charge in [0, 0.05) is 18.2 Å². The number of ether oxygens (including phenoxy) is 1. The van der Waals surface area contributed by atoms with Crippen LogP contribution >= 0.6 is 0 Å². The highest BCUT2D eigenvalue weighted by Gasteiger charge is 2.19. The van der Waals surface area contributed by atoms with E-state index < -0.39 is 32.7 Å². The second kappa shape index (κ2) is 8.76. The van der Waals surface area contributed by atoms with E-state index in [0.29, 0.717) is 10.2 Å². The Morgan fingerprint density at radius 1 is 1.13 bits per heavy atom. The fourth-order valence-corrected chi connectivity index (χ4v) is 3.42. The van der Waals surface area contributed by atoms with Crippen molar-refractivity contribution in [2.75, 3.05) is 12.9 Å². The van der Waals surface area contributed by atoms with E-state index in [1.165, 1.54) is 49.5 Å². The SMILES string of the molecule is CC(=O)CCOc1c(-c2ccc(S(C)(=O)=O)cc2)cnn(-c2cccc(F)c2F)c1=O. The molecule has 0 saturated heterocycles. The van der Waals surface area contributed by atoms with Crippen molar-refractivity contribution in [3.8, 4) is 22.6 Å². The highest BCUT2D eigenvalue weighted by Crippen LogP contribution is 2.28. The number of carbonyl (C=O) groups excluding carboxylic acids is 1. The fourth-order valence-electron chi connectivity index (χ4n) is 2.79. The number of rotatable bonds is 7. The molecule has 1 aromatic heterocycles. The summed E-state index contributed by atoms with van der Waals surface area (Å²) in [6.45, 7) is 1.25. The molecule has 0 amide bonds. The van der Waals surface area contributed by atoms with Crippen LogP contribution < -0.4 is 10.3 Å². The topological polar surface area (TPSA) is 95.3 Å². The molecule has 0 spiro atoms. The van der Waals surface area contributed by atoms with Gasteiger partial charge in [0.2, 0.25) is 0 Å². The Kier molecular flexibility index (Phi) is 6.30. The van der Waals surface area contributed by atoms with Gasteiger partial charge in [-0.3, -0.25) is 9.59 Å². The first-order valence-electron chi connectivity index (χ1n) is 9.09. The van der Waals surface area contributed by atoms with Gasteiger partial charge in [-0.05, 0) is 36.8 Å². The maximum absolute atomic E-state index is 14.2. The van der Waals surface area contributed by atoms with Gasteiger partial charge in [0.15, 0.2) is 27.2 Å². The van der Waals surface area contributed by atoms with E-state index in [4.69, 9.17) is 4.74 Å². The highest BCUT2D eigenvalue weighted by atomic mass is 32.2. The quantitative estimate of drug-likeness (QED) is 0.552. The molecular formula is C21H18F2N2O5S. The summed E-state index contributed by atoms with van der Waals surface area (Å²) in [7, 11) is -3.42. The monoisotopic (exact) mass is 448 g/mol. The summed E-state index contributed by atoms with van der Waals surface area (Å²) in [5.41, 5.74) is -0.638. The van der Waals surface area contributed by atoms with E-state index in [1.54, 1.807) is 0 Å². The number of sulfone groups is 1. The van der Waals surface area contributed by atoms with Crippen LogP contribution in [-0.4, -0.2) is 36.8 Å². The largest absolute Gasteiger partial charge is 0.487 e. The predicted molar refractivity (Wildman–Crippen MR) is 109 cm³/mol. The van der Waals surface area contributed by atoms with E-state index in [1.807, 2.05) is 0 Å². The van der Waals surface area contributed by atoms with E-state index in [-0.39, 0.29) is 35.0 Å². The van der Waals surface area contributed by atoms with Gasteiger partial charge in [-0.25, -0.2) is 17.2 Å². The van der Waals surface area contributed by atoms with Crippen molar-refractivity contribution in [2.24, 2.45) is 0 Å². The summed E-state index contributed by atoms with van der Waals surface area (Å²) in [5.74, 6) is -2.79. The Hall–Kier alpha value is -3.40. The third-order valence-corrected chi connectivity index (χ3v) is 5.52. The minimum Gasteiger partial charge on any atom is -0.487 e. The van der Waals surface area contributed by atoms with E-state index in [2.05, 4.69) is 5.10 Å². The summed E-state index contributed by atoms with van der Waals surface area (Å²) in [4.78, 5) is 24.4. The van der Waals surface area contributed by atoms with Crippen LogP contribution in [0.15, 0.2) is 58.4 Å². The van der Waals surface area contributed by atoms with E-state index >= 15 is 0 Å². The van der Waals surface area contributed by atoms with Crippen LogP contribution in [0, 0.1) is 11.6 Å². The Morgan fingerprint density at radius 2 is 1.81 bits per heavy atom. The molecule has 0 aliphatic rings. The molecule has 10 heteroatoms. The lowest BCUT2D eigenvalue weighted by molar-refractivity contribution is -0.117. The van der Waals surface area contributed by atoms with Crippen LogP contribution in [0.25, 0.3) is 16.8 Å². The van der Waals surface area contributed by atoms with Gasteiger partial charge in [0.1, 0.15) is 11.5 Å². The zero-order valence-electron chi connectivity index (χ0n) is 16.6. The number of Topliss-reactive ketones (excluding diaryl/α,β-unsaturated/α-hetero) is 1. The number of carbonyl (C=O) groups is 1. The summed E-state index contributed by atoms with van der Waals surface area (Å²) in [5, 5.41) is 3.93. The predicted octanol–water partition coefficient (Wildman–Crippen LogP) is 2.94. The normalized spacial score (nSPS) is 11.4. The van der Waals surface area contributed by atoms with Gasteiger partial charge in [0.05, 0.1) is 17.7 Å². The van der Waals surface area contributed by atoms with Crippen molar-refractivity contribution >= 4 is 15.6 Å². The van der Waals surface area contributed by atoms with Gasteiger partial charge in [-0.2, -0.15) is 9.78 Å². The first kappa shape index (κ1) is 22.3. The fraction of sp³-hybridized carbons (Fsp3) is 0.190. The lowest BCUT2D eigenvalue weighted by atomic mass is 10.1. The maximum atomic E-state index is 14.2. The molecule has 1 heterocycles. The second-order valence-corrected chi connectivity index (χ2v) is 8.79. The molecular weight excluding hydrogens is 430 g/mol. The number of benzene rings is 2. The minimum absolute atomic E-state index is 0.0303. The molecule has 0 fully saturated rings. The lowest BCUT2D eigenvalue weighted by Gasteiger charge is -2.14. The average molecular weight is 448 g/mol. The third kappa shape index (κ3) is 4.85. The van der Waals surface area contributed by atoms with Crippen molar-refractivity contribution in [3.63, 3.8) is 0 Å². The molecule has 0 aliphatic carbocycles. The van der Waals surface area contributed by atoms with Crippen LogP contribution in [0.1, 0.15) is 13.3 Å². The molecule has 3 aromatic rings.